The van der Waals surface area contributed by atoms with Gasteiger partial charge in [-0.2, -0.15) is 0 Å². The van der Waals surface area contributed by atoms with Crippen LogP contribution in [0.15, 0.2) is 51.7 Å². The lowest BCUT2D eigenvalue weighted by atomic mass is 9.99. The quantitative estimate of drug-likeness (QED) is 0.137. The van der Waals surface area contributed by atoms with E-state index in [2.05, 4.69) is 37.2 Å². The maximum absolute atomic E-state index is 13.3. The van der Waals surface area contributed by atoms with Gasteiger partial charge in [-0.1, -0.05) is 76.0 Å². The Bertz CT molecular complexity index is 1290. The van der Waals surface area contributed by atoms with Crippen molar-refractivity contribution in [2.24, 2.45) is 5.92 Å². The lowest BCUT2D eigenvalue weighted by Crippen LogP contribution is -2.46. The summed E-state index contributed by atoms with van der Waals surface area (Å²) < 4.78 is 16.6. The zero-order valence-corrected chi connectivity index (χ0v) is 23.8. The van der Waals surface area contributed by atoms with Crippen LogP contribution in [0.4, 0.5) is 4.79 Å². The van der Waals surface area contributed by atoms with E-state index in [1.54, 1.807) is 20.8 Å². The molecule has 2 aromatic carbocycles. The van der Waals surface area contributed by atoms with E-state index in [9.17, 15) is 14.4 Å². The number of rotatable bonds is 9. The number of benzene rings is 2. The van der Waals surface area contributed by atoms with Crippen LogP contribution in [0.25, 0.3) is 11.0 Å². The average molecular weight is 623 g/mol. The zero-order valence-electron chi connectivity index (χ0n) is 20.6. The Morgan fingerprint density at radius 3 is 2.44 bits per heavy atom. The summed E-state index contributed by atoms with van der Waals surface area (Å²) in [5.74, 6) is -0.584. The van der Waals surface area contributed by atoms with Crippen molar-refractivity contribution >= 4 is 54.9 Å². The Balaban J connectivity index is 1.88. The van der Waals surface area contributed by atoms with Crippen molar-refractivity contribution < 1.29 is 23.5 Å². The summed E-state index contributed by atoms with van der Waals surface area (Å²) >= 11 is 7.08. The number of aryl methyl sites for hydroxylation is 2. The molecular formula is C27H29Br2NO6. The highest BCUT2D eigenvalue weighted by Gasteiger charge is 2.29. The minimum atomic E-state index is -0.948. The van der Waals surface area contributed by atoms with Gasteiger partial charge in [-0.3, -0.25) is 0 Å². The number of alkyl carbamates (subject to hydrolysis) is 1. The van der Waals surface area contributed by atoms with Crippen LogP contribution in [-0.4, -0.2) is 28.3 Å². The Hall–Kier alpha value is -2.65. The maximum Gasteiger partial charge on any atom is 0.408 e. The van der Waals surface area contributed by atoms with E-state index in [0.717, 1.165) is 22.1 Å². The smallest absolute Gasteiger partial charge is 0.408 e. The van der Waals surface area contributed by atoms with Gasteiger partial charge in [0.15, 0.2) is 0 Å². The Kier molecular flexibility index (Phi) is 9.73. The third kappa shape index (κ3) is 6.97. The van der Waals surface area contributed by atoms with Crippen molar-refractivity contribution in [3.63, 3.8) is 0 Å². The number of esters is 1. The first-order chi connectivity index (χ1) is 17.1. The SMILES string of the molecule is Cc1cc(=O)oc2c(C)c(OC(=O)C(NC(=O)OCc3ccccc3)C(C)C)c(CC(Br)CBr)cc12. The largest absolute Gasteiger partial charge is 0.445 e. The molecule has 0 aliphatic heterocycles. The van der Waals surface area contributed by atoms with Gasteiger partial charge >= 0.3 is 17.7 Å². The molecule has 1 N–H and O–H groups in total. The molecule has 0 aliphatic rings. The van der Waals surface area contributed by atoms with Crippen molar-refractivity contribution in [3.05, 3.63) is 75.1 Å². The van der Waals surface area contributed by atoms with Gasteiger partial charge in [0.2, 0.25) is 0 Å². The molecule has 9 heteroatoms. The van der Waals surface area contributed by atoms with Crippen LogP contribution in [-0.2, 0) is 22.6 Å². The number of alkyl halides is 2. The van der Waals surface area contributed by atoms with Crippen molar-refractivity contribution in [1.82, 2.24) is 5.32 Å². The van der Waals surface area contributed by atoms with Gasteiger partial charge < -0.3 is 19.2 Å². The zero-order chi connectivity index (χ0) is 26.4. The third-order valence-electron chi connectivity index (χ3n) is 5.72. The van der Waals surface area contributed by atoms with E-state index < -0.39 is 23.7 Å². The van der Waals surface area contributed by atoms with E-state index in [1.807, 2.05) is 43.3 Å². The number of carbonyl (C=O) groups excluding carboxylic acids is 2. The fourth-order valence-electron chi connectivity index (χ4n) is 3.80. The van der Waals surface area contributed by atoms with E-state index in [1.165, 1.54) is 6.07 Å². The fraction of sp³-hybridized carbons (Fsp3) is 0.370. The van der Waals surface area contributed by atoms with Crippen LogP contribution in [0.2, 0.25) is 0 Å². The Morgan fingerprint density at radius 1 is 1.11 bits per heavy atom. The maximum atomic E-state index is 13.3. The molecule has 3 rings (SSSR count). The van der Waals surface area contributed by atoms with Gasteiger partial charge in [0, 0.05) is 27.2 Å². The molecule has 0 bridgehead atoms. The summed E-state index contributed by atoms with van der Waals surface area (Å²) in [6.45, 7) is 7.28. The number of fused-ring (bicyclic) bond motifs is 1. The first-order valence-corrected chi connectivity index (χ1v) is 13.6. The molecule has 0 radical (unpaired) electrons. The third-order valence-corrected chi connectivity index (χ3v) is 8.01. The highest BCUT2D eigenvalue weighted by Crippen LogP contribution is 2.34. The summed E-state index contributed by atoms with van der Waals surface area (Å²) in [6, 6.07) is 11.6. The summed E-state index contributed by atoms with van der Waals surface area (Å²) in [7, 11) is 0. The van der Waals surface area contributed by atoms with Crippen LogP contribution in [0, 0.1) is 19.8 Å². The van der Waals surface area contributed by atoms with Gasteiger partial charge in [-0.15, -0.1) is 0 Å². The molecule has 1 amide bonds. The Morgan fingerprint density at radius 2 is 1.81 bits per heavy atom. The van der Waals surface area contributed by atoms with Gasteiger partial charge in [0.1, 0.15) is 24.0 Å². The van der Waals surface area contributed by atoms with E-state index in [-0.39, 0.29) is 17.4 Å². The van der Waals surface area contributed by atoms with Crippen molar-refractivity contribution in [1.29, 1.82) is 0 Å². The first kappa shape index (κ1) is 27.9. The Labute approximate surface area is 226 Å². The van der Waals surface area contributed by atoms with E-state index in [4.69, 9.17) is 13.9 Å². The van der Waals surface area contributed by atoms with Gasteiger partial charge in [0.05, 0.1) is 0 Å². The van der Waals surface area contributed by atoms with Crippen LogP contribution < -0.4 is 15.7 Å². The van der Waals surface area contributed by atoms with Gasteiger partial charge in [-0.05, 0) is 48.9 Å². The standard InChI is InChI=1S/C27H29Br2NO6/c1-15(2)23(30-27(33)34-14-18-8-6-5-7-9-18)26(32)36-24-17(4)25-21(16(3)10-22(31)35-25)12-19(24)11-20(29)13-28/h5-10,12,15,20,23H,11,13-14H2,1-4H3,(H,30,33). The number of hydrogen-bond acceptors (Lipinski definition) is 6. The number of nitrogens with one attached hydrogen (secondary N) is 1. The minimum Gasteiger partial charge on any atom is -0.445 e. The van der Waals surface area contributed by atoms with Crippen LogP contribution in [0.3, 0.4) is 0 Å². The van der Waals surface area contributed by atoms with Crippen molar-refractivity contribution in [2.45, 2.75) is 51.6 Å². The molecule has 0 aliphatic carbocycles. The molecule has 0 saturated heterocycles. The molecule has 0 fully saturated rings. The molecule has 0 saturated carbocycles. The second-order valence-electron chi connectivity index (χ2n) is 8.92. The van der Waals surface area contributed by atoms with E-state index >= 15 is 0 Å². The van der Waals surface area contributed by atoms with Gasteiger partial charge in [-0.25, -0.2) is 14.4 Å². The average Bonchev–Trinajstić information content (AvgIpc) is 2.84. The number of hydrogen-bond donors (Lipinski definition) is 1. The molecule has 0 spiro atoms. The molecule has 2 atom stereocenters. The molecule has 3 aromatic rings. The highest BCUT2D eigenvalue weighted by molar-refractivity contribution is 9.12. The first-order valence-electron chi connectivity index (χ1n) is 11.6. The summed E-state index contributed by atoms with van der Waals surface area (Å²) in [4.78, 5) is 37.9. The summed E-state index contributed by atoms with van der Waals surface area (Å²) in [5, 5.41) is 4.09. The molecular weight excluding hydrogens is 594 g/mol. The van der Waals surface area contributed by atoms with Crippen LogP contribution >= 0.6 is 31.9 Å². The summed E-state index contributed by atoms with van der Waals surface area (Å²) in [6.07, 6.45) is -0.159. The minimum absolute atomic E-state index is 0.0785. The molecule has 36 heavy (non-hydrogen) atoms. The topological polar surface area (TPSA) is 94.8 Å². The number of ether oxygens (including phenoxy) is 2. The lowest BCUT2D eigenvalue weighted by molar-refractivity contribution is -0.137. The summed E-state index contributed by atoms with van der Waals surface area (Å²) in [5.41, 5.74) is 2.82. The highest BCUT2D eigenvalue weighted by atomic mass is 79.9. The van der Waals surface area contributed by atoms with Crippen LogP contribution in [0.5, 0.6) is 5.75 Å². The molecule has 1 aromatic heterocycles. The predicted molar refractivity (Wildman–Crippen MR) is 146 cm³/mol. The fourth-order valence-corrected chi connectivity index (χ4v) is 4.38. The molecule has 2 unspecified atom stereocenters. The number of carbonyl (C=O) groups is 2. The molecule has 192 valence electrons. The monoisotopic (exact) mass is 621 g/mol. The van der Waals surface area contributed by atoms with Crippen molar-refractivity contribution in [2.75, 3.05) is 5.33 Å². The molecule has 7 nitrogen and oxygen atoms in total. The van der Waals surface area contributed by atoms with Crippen molar-refractivity contribution in [3.8, 4) is 5.75 Å². The normalized spacial score (nSPS) is 12.9. The second kappa shape index (κ2) is 12.5. The number of halogens is 2. The molecule has 1 heterocycles. The van der Waals surface area contributed by atoms with E-state index in [0.29, 0.717) is 28.6 Å². The lowest BCUT2D eigenvalue weighted by Gasteiger charge is -2.23. The predicted octanol–water partition coefficient (Wildman–Crippen LogP) is 5.97. The van der Waals surface area contributed by atoms with Crippen LogP contribution in [0.1, 0.15) is 36.1 Å². The van der Waals surface area contributed by atoms with Gasteiger partial charge in [0.25, 0.3) is 0 Å². The number of amides is 1. The second-order valence-corrected chi connectivity index (χ2v) is 10.9.